The average Bonchev–Trinajstić information content (AvgIpc) is 2.18. The molecule has 14 heavy (non-hydrogen) atoms. The van der Waals surface area contributed by atoms with E-state index in [1.165, 1.54) is 5.56 Å². The molecule has 1 saturated carbocycles. The number of aryl methyl sites for hydroxylation is 1. The standard InChI is InChI=1S/C12H15NO/c1-9-7-11(5-6-13-9)10-3-2-4-12(14)8-10/h5-7,10H,2-4,8H2,1H3. The first-order valence-electron chi connectivity index (χ1n) is 5.20. The highest BCUT2D eigenvalue weighted by atomic mass is 16.1. The maximum Gasteiger partial charge on any atom is 0.133 e. The Morgan fingerprint density at radius 2 is 2.36 bits per heavy atom. The molecule has 1 aromatic rings. The molecule has 2 rings (SSSR count). The van der Waals surface area contributed by atoms with E-state index in [9.17, 15) is 4.79 Å². The van der Waals surface area contributed by atoms with E-state index in [0.717, 1.165) is 31.4 Å². The zero-order valence-corrected chi connectivity index (χ0v) is 8.49. The fourth-order valence-electron chi connectivity index (χ4n) is 2.13. The number of carbonyl (C=O) groups is 1. The van der Waals surface area contributed by atoms with Crippen LogP contribution in [0.3, 0.4) is 0 Å². The molecule has 0 aliphatic heterocycles. The smallest absolute Gasteiger partial charge is 0.133 e. The van der Waals surface area contributed by atoms with Crippen LogP contribution in [0.1, 0.15) is 42.9 Å². The molecule has 0 radical (unpaired) electrons. The van der Waals surface area contributed by atoms with E-state index in [2.05, 4.69) is 11.1 Å². The summed E-state index contributed by atoms with van der Waals surface area (Å²) in [6.45, 7) is 1.99. The van der Waals surface area contributed by atoms with Gasteiger partial charge in [0.2, 0.25) is 0 Å². The highest BCUT2D eigenvalue weighted by molar-refractivity contribution is 5.80. The molecular formula is C12H15NO. The van der Waals surface area contributed by atoms with E-state index in [1.54, 1.807) is 0 Å². The molecule has 2 heteroatoms. The van der Waals surface area contributed by atoms with Gasteiger partial charge in [0.15, 0.2) is 0 Å². The van der Waals surface area contributed by atoms with Gasteiger partial charge in [0.05, 0.1) is 0 Å². The van der Waals surface area contributed by atoms with Gasteiger partial charge in [-0.1, -0.05) is 0 Å². The highest BCUT2D eigenvalue weighted by Gasteiger charge is 2.20. The van der Waals surface area contributed by atoms with Gasteiger partial charge in [0, 0.05) is 24.7 Å². The molecule has 1 fully saturated rings. The Labute approximate surface area is 84.4 Å². The molecule has 1 aliphatic carbocycles. The van der Waals surface area contributed by atoms with Crippen LogP contribution in [0.25, 0.3) is 0 Å². The SMILES string of the molecule is Cc1cc(C2CCCC(=O)C2)ccn1. The topological polar surface area (TPSA) is 30.0 Å². The summed E-state index contributed by atoms with van der Waals surface area (Å²) >= 11 is 0. The Balaban J connectivity index is 2.17. The van der Waals surface area contributed by atoms with Gasteiger partial charge < -0.3 is 0 Å². The van der Waals surface area contributed by atoms with E-state index >= 15 is 0 Å². The number of hydrogen-bond donors (Lipinski definition) is 0. The van der Waals surface area contributed by atoms with Crippen molar-refractivity contribution in [3.8, 4) is 0 Å². The molecule has 0 spiro atoms. The van der Waals surface area contributed by atoms with Crippen molar-refractivity contribution in [2.75, 3.05) is 0 Å². The van der Waals surface area contributed by atoms with Gasteiger partial charge in [-0.15, -0.1) is 0 Å². The minimum Gasteiger partial charge on any atom is -0.300 e. The molecular weight excluding hydrogens is 174 g/mol. The number of ketones is 1. The normalized spacial score (nSPS) is 22.4. The predicted octanol–water partition coefficient (Wildman–Crippen LogP) is 2.62. The van der Waals surface area contributed by atoms with Crippen LogP contribution in [0.15, 0.2) is 18.3 Å². The van der Waals surface area contributed by atoms with Crippen LogP contribution in [0.4, 0.5) is 0 Å². The lowest BCUT2D eigenvalue weighted by Crippen LogP contribution is -2.13. The van der Waals surface area contributed by atoms with Crippen molar-refractivity contribution in [2.45, 2.75) is 38.5 Å². The van der Waals surface area contributed by atoms with Crippen molar-refractivity contribution >= 4 is 5.78 Å². The van der Waals surface area contributed by atoms with E-state index in [4.69, 9.17) is 0 Å². The van der Waals surface area contributed by atoms with E-state index in [0.29, 0.717) is 11.7 Å². The van der Waals surface area contributed by atoms with Crippen molar-refractivity contribution in [1.82, 2.24) is 4.98 Å². The molecule has 0 aromatic carbocycles. The summed E-state index contributed by atoms with van der Waals surface area (Å²) in [4.78, 5) is 15.5. The molecule has 74 valence electrons. The largest absolute Gasteiger partial charge is 0.300 e. The van der Waals surface area contributed by atoms with E-state index in [-0.39, 0.29) is 0 Å². The van der Waals surface area contributed by atoms with E-state index < -0.39 is 0 Å². The van der Waals surface area contributed by atoms with Gasteiger partial charge in [0.25, 0.3) is 0 Å². The maximum atomic E-state index is 11.3. The monoisotopic (exact) mass is 189 g/mol. The van der Waals surface area contributed by atoms with Crippen LogP contribution in [0, 0.1) is 6.92 Å². The van der Waals surface area contributed by atoms with Crippen LogP contribution in [-0.4, -0.2) is 10.8 Å². The maximum absolute atomic E-state index is 11.3. The number of aromatic nitrogens is 1. The summed E-state index contributed by atoms with van der Waals surface area (Å²) in [6.07, 6.45) is 5.54. The van der Waals surface area contributed by atoms with Crippen molar-refractivity contribution in [3.63, 3.8) is 0 Å². The molecule has 1 aromatic heterocycles. The van der Waals surface area contributed by atoms with E-state index in [1.807, 2.05) is 19.2 Å². The summed E-state index contributed by atoms with van der Waals surface area (Å²) in [5.41, 5.74) is 2.33. The quantitative estimate of drug-likeness (QED) is 0.679. The molecule has 2 nitrogen and oxygen atoms in total. The van der Waals surface area contributed by atoms with Crippen LogP contribution in [0.5, 0.6) is 0 Å². The Morgan fingerprint density at radius 3 is 3.07 bits per heavy atom. The van der Waals surface area contributed by atoms with Crippen LogP contribution in [-0.2, 0) is 4.79 Å². The lowest BCUT2D eigenvalue weighted by atomic mass is 9.83. The zero-order valence-electron chi connectivity index (χ0n) is 8.49. The molecule has 1 unspecified atom stereocenters. The fraction of sp³-hybridized carbons (Fsp3) is 0.500. The third-order valence-electron chi connectivity index (χ3n) is 2.87. The third kappa shape index (κ3) is 2.00. The number of Topliss-reactive ketones (excluding diaryl/α,β-unsaturated/α-hetero) is 1. The Morgan fingerprint density at radius 1 is 1.50 bits per heavy atom. The van der Waals surface area contributed by atoms with Crippen LogP contribution in [0.2, 0.25) is 0 Å². The van der Waals surface area contributed by atoms with Crippen molar-refractivity contribution in [1.29, 1.82) is 0 Å². The molecule has 0 bridgehead atoms. The minimum atomic E-state index is 0.413. The lowest BCUT2D eigenvalue weighted by Gasteiger charge is -2.21. The first-order chi connectivity index (χ1) is 6.75. The van der Waals surface area contributed by atoms with Gasteiger partial charge in [-0.3, -0.25) is 9.78 Å². The van der Waals surface area contributed by atoms with Gasteiger partial charge in [-0.25, -0.2) is 0 Å². The predicted molar refractivity (Wildman–Crippen MR) is 55.2 cm³/mol. The second kappa shape index (κ2) is 3.91. The van der Waals surface area contributed by atoms with Gasteiger partial charge >= 0.3 is 0 Å². The van der Waals surface area contributed by atoms with Gasteiger partial charge in [-0.05, 0) is 43.4 Å². The zero-order chi connectivity index (χ0) is 9.97. The minimum absolute atomic E-state index is 0.413. The van der Waals surface area contributed by atoms with Crippen molar-refractivity contribution in [2.24, 2.45) is 0 Å². The number of hydrogen-bond acceptors (Lipinski definition) is 2. The summed E-state index contributed by atoms with van der Waals surface area (Å²) in [6, 6.07) is 4.14. The highest BCUT2D eigenvalue weighted by Crippen LogP contribution is 2.30. The second-order valence-electron chi connectivity index (χ2n) is 4.06. The third-order valence-corrected chi connectivity index (χ3v) is 2.87. The van der Waals surface area contributed by atoms with Crippen molar-refractivity contribution in [3.05, 3.63) is 29.6 Å². The summed E-state index contributed by atoms with van der Waals surface area (Å²) in [5, 5.41) is 0. The van der Waals surface area contributed by atoms with Crippen LogP contribution < -0.4 is 0 Å². The number of rotatable bonds is 1. The van der Waals surface area contributed by atoms with Gasteiger partial charge in [-0.2, -0.15) is 0 Å². The fourth-order valence-corrected chi connectivity index (χ4v) is 2.13. The molecule has 1 aliphatic rings. The number of nitrogens with zero attached hydrogens (tertiary/aromatic N) is 1. The first kappa shape index (κ1) is 9.38. The Bertz CT molecular complexity index is 346. The van der Waals surface area contributed by atoms with Crippen LogP contribution >= 0.6 is 0 Å². The summed E-state index contributed by atoms with van der Waals surface area (Å²) < 4.78 is 0. The average molecular weight is 189 g/mol. The Kier molecular flexibility index (Phi) is 2.62. The van der Waals surface area contributed by atoms with Gasteiger partial charge in [0.1, 0.15) is 5.78 Å². The molecule has 0 saturated heterocycles. The first-order valence-corrected chi connectivity index (χ1v) is 5.20. The summed E-state index contributed by atoms with van der Waals surface area (Å²) in [5.74, 6) is 0.855. The Hall–Kier alpha value is -1.18. The van der Waals surface area contributed by atoms with Crippen molar-refractivity contribution < 1.29 is 4.79 Å². The molecule has 1 atom stereocenters. The lowest BCUT2D eigenvalue weighted by molar-refractivity contribution is -0.120. The second-order valence-corrected chi connectivity index (χ2v) is 4.06. The number of pyridine rings is 1. The summed E-state index contributed by atoms with van der Waals surface area (Å²) in [7, 11) is 0. The molecule has 1 heterocycles. The molecule has 0 N–H and O–H groups in total. The molecule has 0 amide bonds. The number of carbonyl (C=O) groups excluding carboxylic acids is 1.